The number of anilines is 1. The van der Waals surface area contributed by atoms with Gasteiger partial charge in [-0.25, -0.2) is 13.1 Å². The second-order valence-corrected chi connectivity index (χ2v) is 7.87. The zero-order valence-corrected chi connectivity index (χ0v) is 16.6. The summed E-state index contributed by atoms with van der Waals surface area (Å²) >= 11 is 0. The predicted octanol–water partition coefficient (Wildman–Crippen LogP) is 2.57. The highest BCUT2D eigenvalue weighted by molar-refractivity contribution is 7.89. The molecule has 1 amide bonds. The molecule has 0 aliphatic rings. The van der Waals surface area contributed by atoms with E-state index in [2.05, 4.69) is 10.0 Å². The highest BCUT2D eigenvalue weighted by atomic mass is 32.2. The van der Waals surface area contributed by atoms with Crippen LogP contribution in [-0.2, 0) is 14.8 Å². The van der Waals surface area contributed by atoms with Crippen LogP contribution in [0.5, 0.6) is 5.75 Å². The number of aryl methyl sites for hydroxylation is 1. The van der Waals surface area contributed by atoms with E-state index in [1.807, 2.05) is 13.0 Å². The minimum Gasteiger partial charge on any atom is -0.495 e. The number of amides is 1. The maximum Gasteiger partial charge on any atom is 0.255 e. The zero-order valence-electron chi connectivity index (χ0n) is 15.8. The molecule has 0 aliphatic heterocycles. The summed E-state index contributed by atoms with van der Waals surface area (Å²) in [6, 6.07) is 10.8. The fourth-order valence-corrected chi connectivity index (χ4v) is 3.74. The van der Waals surface area contributed by atoms with E-state index >= 15 is 0 Å². The monoisotopic (exact) mass is 392 g/mol. The molecule has 1 atom stereocenters. The molecule has 0 aromatic heterocycles. The molecule has 0 fully saturated rings. The molecular weight excluding hydrogens is 368 g/mol. The summed E-state index contributed by atoms with van der Waals surface area (Å²) in [7, 11) is -0.654. The van der Waals surface area contributed by atoms with Crippen LogP contribution in [0.1, 0.15) is 22.8 Å². The molecule has 8 heteroatoms. The van der Waals surface area contributed by atoms with Crippen molar-refractivity contribution in [1.82, 2.24) is 4.72 Å². The third-order valence-electron chi connectivity index (χ3n) is 3.80. The van der Waals surface area contributed by atoms with Crippen molar-refractivity contribution in [2.45, 2.75) is 24.8 Å². The Morgan fingerprint density at radius 2 is 1.78 bits per heavy atom. The Balaban J connectivity index is 2.15. The van der Waals surface area contributed by atoms with Crippen LogP contribution in [0.15, 0.2) is 47.4 Å². The van der Waals surface area contributed by atoms with Gasteiger partial charge in [0.2, 0.25) is 10.0 Å². The van der Waals surface area contributed by atoms with E-state index in [-0.39, 0.29) is 23.5 Å². The normalized spacial score (nSPS) is 12.4. The number of nitrogens with one attached hydrogen (secondary N) is 2. The molecule has 2 aromatic rings. The molecule has 0 saturated carbocycles. The Morgan fingerprint density at radius 3 is 2.37 bits per heavy atom. The molecule has 2 aromatic carbocycles. The molecule has 2 N–H and O–H groups in total. The first-order valence-electron chi connectivity index (χ1n) is 8.34. The third-order valence-corrected chi connectivity index (χ3v) is 5.41. The van der Waals surface area contributed by atoms with Crippen molar-refractivity contribution in [2.75, 3.05) is 26.1 Å². The second-order valence-electron chi connectivity index (χ2n) is 6.16. The number of methoxy groups -OCH3 is 2. The van der Waals surface area contributed by atoms with E-state index in [0.29, 0.717) is 17.0 Å². The molecule has 0 aliphatic carbocycles. The first kappa shape index (κ1) is 20.9. The predicted molar refractivity (Wildman–Crippen MR) is 104 cm³/mol. The maximum absolute atomic E-state index is 12.5. The van der Waals surface area contributed by atoms with Gasteiger partial charge in [0.05, 0.1) is 24.3 Å². The van der Waals surface area contributed by atoms with Crippen molar-refractivity contribution in [2.24, 2.45) is 0 Å². The zero-order chi connectivity index (χ0) is 20.0. The Kier molecular flexibility index (Phi) is 6.95. The van der Waals surface area contributed by atoms with Crippen LogP contribution in [0, 0.1) is 6.92 Å². The maximum atomic E-state index is 12.5. The summed E-state index contributed by atoms with van der Waals surface area (Å²) in [6.45, 7) is 3.88. The molecule has 146 valence electrons. The number of rotatable bonds is 8. The number of hydrogen-bond acceptors (Lipinski definition) is 5. The first-order chi connectivity index (χ1) is 12.8. The molecule has 0 saturated heterocycles. The average Bonchev–Trinajstić information content (AvgIpc) is 2.62. The number of hydrogen-bond donors (Lipinski definition) is 2. The molecule has 0 radical (unpaired) electrons. The van der Waals surface area contributed by atoms with Crippen molar-refractivity contribution in [1.29, 1.82) is 0 Å². The Morgan fingerprint density at radius 1 is 1.11 bits per heavy atom. The lowest BCUT2D eigenvalue weighted by molar-refractivity contribution is 0.102. The van der Waals surface area contributed by atoms with E-state index in [0.717, 1.165) is 5.56 Å². The van der Waals surface area contributed by atoms with Gasteiger partial charge in [-0.1, -0.05) is 6.07 Å². The van der Waals surface area contributed by atoms with Gasteiger partial charge in [-0.2, -0.15) is 0 Å². The summed E-state index contributed by atoms with van der Waals surface area (Å²) in [6.07, 6.45) is 0. The van der Waals surface area contributed by atoms with Gasteiger partial charge in [0, 0.05) is 18.7 Å². The van der Waals surface area contributed by atoms with E-state index in [9.17, 15) is 13.2 Å². The summed E-state index contributed by atoms with van der Waals surface area (Å²) in [5.41, 5.74) is 1.86. The molecular formula is C19H24N2O5S. The highest BCUT2D eigenvalue weighted by Gasteiger charge is 2.18. The van der Waals surface area contributed by atoms with Crippen LogP contribution < -0.4 is 14.8 Å². The summed E-state index contributed by atoms with van der Waals surface area (Å²) in [4.78, 5) is 12.5. The largest absolute Gasteiger partial charge is 0.495 e. The van der Waals surface area contributed by atoms with Gasteiger partial charge in [0.1, 0.15) is 5.75 Å². The number of benzene rings is 2. The molecule has 27 heavy (non-hydrogen) atoms. The summed E-state index contributed by atoms with van der Waals surface area (Å²) < 4.78 is 37.3. The quantitative estimate of drug-likeness (QED) is 0.720. The van der Waals surface area contributed by atoms with Gasteiger partial charge >= 0.3 is 0 Å². The van der Waals surface area contributed by atoms with Gasteiger partial charge in [-0.05, 0) is 55.8 Å². The van der Waals surface area contributed by atoms with Gasteiger partial charge in [-0.15, -0.1) is 0 Å². The average molecular weight is 392 g/mol. The molecule has 0 unspecified atom stereocenters. The van der Waals surface area contributed by atoms with Crippen LogP contribution in [0.25, 0.3) is 0 Å². The lowest BCUT2D eigenvalue weighted by Crippen LogP contribution is -2.35. The Labute approximate surface area is 159 Å². The minimum atomic E-state index is -3.68. The van der Waals surface area contributed by atoms with Crippen LogP contribution in [-0.4, -0.2) is 41.2 Å². The minimum absolute atomic E-state index is 0.0788. The SMILES string of the molecule is COC[C@H](C)NS(=O)(=O)c1ccc(C(=O)Nc2cc(C)ccc2OC)cc1. The fraction of sp³-hybridized carbons (Fsp3) is 0.316. The van der Waals surface area contributed by atoms with E-state index in [4.69, 9.17) is 9.47 Å². The third kappa shape index (κ3) is 5.53. The standard InChI is InChI=1S/C19H24N2O5S/c1-13-5-10-18(26-4)17(11-13)20-19(22)15-6-8-16(9-7-15)27(23,24)21-14(2)12-25-3/h5-11,14,21H,12H2,1-4H3,(H,20,22)/t14-/m0/s1. The van der Waals surface area contributed by atoms with Gasteiger partial charge < -0.3 is 14.8 Å². The fourth-order valence-electron chi connectivity index (χ4n) is 2.52. The molecule has 0 bridgehead atoms. The van der Waals surface area contributed by atoms with E-state index in [1.165, 1.54) is 38.5 Å². The van der Waals surface area contributed by atoms with Gasteiger partial charge in [0.15, 0.2) is 0 Å². The van der Waals surface area contributed by atoms with E-state index < -0.39 is 10.0 Å². The Hall–Kier alpha value is -2.42. The number of carbonyl (C=O) groups is 1. The van der Waals surface area contributed by atoms with Crippen LogP contribution >= 0.6 is 0 Å². The number of sulfonamides is 1. The number of ether oxygens (including phenoxy) is 2. The van der Waals surface area contributed by atoms with Gasteiger partial charge in [-0.3, -0.25) is 4.79 Å². The van der Waals surface area contributed by atoms with Crippen molar-refractivity contribution < 1.29 is 22.7 Å². The van der Waals surface area contributed by atoms with Crippen molar-refractivity contribution in [3.05, 3.63) is 53.6 Å². The van der Waals surface area contributed by atoms with Crippen molar-refractivity contribution in [3.63, 3.8) is 0 Å². The molecule has 0 heterocycles. The van der Waals surface area contributed by atoms with Gasteiger partial charge in [0.25, 0.3) is 5.91 Å². The lowest BCUT2D eigenvalue weighted by atomic mass is 10.1. The van der Waals surface area contributed by atoms with Crippen molar-refractivity contribution >= 4 is 21.6 Å². The first-order valence-corrected chi connectivity index (χ1v) is 9.82. The summed E-state index contributed by atoms with van der Waals surface area (Å²) in [5.74, 6) is 0.188. The van der Waals surface area contributed by atoms with Crippen LogP contribution in [0.4, 0.5) is 5.69 Å². The molecule has 2 rings (SSSR count). The van der Waals surface area contributed by atoms with Crippen LogP contribution in [0.2, 0.25) is 0 Å². The smallest absolute Gasteiger partial charge is 0.255 e. The summed E-state index contributed by atoms with van der Waals surface area (Å²) in [5, 5.41) is 2.78. The Bertz CT molecular complexity index is 895. The molecule has 7 nitrogen and oxygen atoms in total. The molecule has 0 spiro atoms. The number of carbonyl (C=O) groups excluding carboxylic acids is 1. The second kappa shape index (κ2) is 8.98. The van der Waals surface area contributed by atoms with Crippen LogP contribution in [0.3, 0.4) is 0 Å². The van der Waals surface area contributed by atoms with E-state index in [1.54, 1.807) is 19.1 Å². The highest BCUT2D eigenvalue weighted by Crippen LogP contribution is 2.25. The lowest BCUT2D eigenvalue weighted by Gasteiger charge is -2.14. The topological polar surface area (TPSA) is 93.7 Å². The van der Waals surface area contributed by atoms with Crippen molar-refractivity contribution in [3.8, 4) is 5.75 Å².